The molecule has 1 amide bonds. The van der Waals surface area contributed by atoms with E-state index in [2.05, 4.69) is 5.32 Å². The number of methoxy groups -OCH3 is 1. The highest BCUT2D eigenvalue weighted by atomic mass is 32.1. The predicted molar refractivity (Wildman–Crippen MR) is 66.1 cm³/mol. The molecule has 100 valence electrons. The third kappa shape index (κ3) is 4.01. The van der Waals surface area contributed by atoms with Crippen LogP contribution in [0.3, 0.4) is 0 Å². The quantitative estimate of drug-likeness (QED) is 0.709. The number of hydrogen-bond acceptors (Lipinski definition) is 5. The van der Waals surface area contributed by atoms with Crippen LogP contribution in [0.2, 0.25) is 0 Å². The fourth-order valence-electron chi connectivity index (χ4n) is 1.36. The fraction of sp³-hybridized carbons (Fsp3) is 0.455. The maximum absolute atomic E-state index is 11.8. The Labute approximate surface area is 108 Å². The van der Waals surface area contributed by atoms with Gasteiger partial charge in [0.25, 0.3) is 5.91 Å². The Bertz CT molecular complexity index is 440. The molecule has 0 spiro atoms. The summed E-state index contributed by atoms with van der Waals surface area (Å²) >= 11 is 1.21. The predicted octanol–water partition coefficient (Wildman–Crippen LogP) is 0.712. The van der Waals surface area contributed by atoms with Gasteiger partial charge in [0.2, 0.25) is 0 Å². The van der Waals surface area contributed by atoms with Crippen LogP contribution in [0.25, 0.3) is 0 Å². The molecule has 7 heteroatoms. The monoisotopic (exact) mass is 273 g/mol. The van der Waals surface area contributed by atoms with E-state index in [4.69, 9.17) is 9.84 Å². The van der Waals surface area contributed by atoms with Crippen molar-refractivity contribution in [2.24, 2.45) is 0 Å². The zero-order chi connectivity index (χ0) is 13.8. The fourth-order valence-corrected chi connectivity index (χ4v) is 2.14. The molecular weight excluding hydrogens is 258 g/mol. The third-order valence-electron chi connectivity index (χ3n) is 2.22. The summed E-state index contributed by atoms with van der Waals surface area (Å²) in [7, 11) is 1.46. The van der Waals surface area contributed by atoms with E-state index in [1.165, 1.54) is 25.4 Å². The van der Waals surface area contributed by atoms with Gasteiger partial charge in [-0.2, -0.15) is 0 Å². The largest absolute Gasteiger partial charge is 0.495 e. The van der Waals surface area contributed by atoms with Crippen molar-refractivity contribution in [1.82, 2.24) is 5.32 Å². The van der Waals surface area contributed by atoms with Gasteiger partial charge in [0.05, 0.1) is 19.1 Å². The number of rotatable bonds is 6. The van der Waals surface area contributed by atoms with Crippen LogP contribution in [0.1, 0.15) is 23.0 Å². The molecule has 0 aliphatic heterocycles. The van der Waals surface area contributed by atoms with Gasteiger partial charge >= 0.3 is 5.97 Å². The first-order valence-electron chi connectivity index (χ1n) is 5.19. The summed E-state index contributed by atoms with van der Waals surface area (Å²) in [6.45, 7) is 1.21. The number of carbonyl (C=O) groups excluding carboxylic acids is 1. The number of carboxylic acids is 1. The molecule has 1 heterocycles. The summed E-state index contributed by atoms with van der Waals surface area (Å²) in [5, 5.41) is 22.5. The summed E-state index contributed by atoms with van der Waals surface area (Å²) < 4.78 is 5.00. The van der Waals surface area contributed by atoms with Crippen LogP contribution in [0, 0.1) is 0 Å². The molecule has 1 atom stereocenters. The van der Waals surface area contributed by atoms with Gasteiger partial charge in [-0.05, 0) is 18.4 Å². The van der Waals surface area contributed by atoms with Gasteiger partial charge in [-0.15, -0.1) is 11.3 Å². The first-order valence-corrected chi connectivity index (χ1v) is 6.07. The molecule has 0 bridgehead atoms. The summed E-state index contributed by atoms with van der Waals surface area (Å²) in [5.41, 5.74) is -1.48. The molecule has 0 radical (unpaired) electrons. The smallest absolute Gasteiger partial charge is 0.306 e. The molecule has 0 aliphatic carbocycles. The molecule has 1 aromatic heterocycles. The lowest BCUT2D eigenvalue weighted by Gasteiger charge is -2.21. The van der Waals surface area contributed by atoms with Crippen LogP contribution in [0.5, 0.6) is 5.75 Å². The number of carboxylic acid groups (broad SMARTS) is 1. The van der Waals surface area contributed by atoms with Crippen molar-refractivity contribution in [3.63, 3.8) is 0 Å². The van der Waals surface area contributed by atoms with E-state index in [9.17, 15) is 14.7 Å². The van der Waals surface area contributed by atoms with Crippen molar-refractivity contribution in [2.75, 3.05) is 13.7 Å². The van der Waals surface area contributed by atoms with Gasteiger partial charge in [0.15, 0.2) is 0 Å². The molecule has 1 aromatic rings. The average Bonchev–Trinajstić information content (AvgIpc) is 2.72. The van der Waals surface area contributed by atoms with Crippen molar-refractivity contribution in [3.8, 4) is 5.75 Å². The second kappa shape index (κ2) is 5.83. The van der Waals surface area contributed by atoms with Gasteiger partial charge in [-0.25, -0.2) is 0 Å². The van der Waals surface area contributed by atoms with E-state index >= 15 is 0 Å². The van der Waals surface area contributed by atoms with Gasteiger partial charge in [-0.1, -0.05) is 0 Å². The van der Waals surface area contributed by atoms with Crippen molar-refractivity contribution in [1.29, 1.82) is 0 Å². The third-order valence-corrected chi connectivity index (χ3v) is 3.11. The lowest BCUT2D eigenvalue weighted by molar-refractivity contribution is -0.141. The van der Waals surface area contributed by atoms with Crippen molar-refractivity contribution >= 4 is 23.2 Å². The van der Waals surface area contributed by atoms with Crippen LogP contribution in [0.4, 0.5) is 0 Å². The van der Waals surface area contributed by atoms with E-state index in [0.29, 0.717) is 10.6 Å². The number of aliphatic hydroxyl groups is 1. The lowest BCUT2D eigenvalue weighted by atomic mass is 10.0. The first kappa shape index (κ1) is 14.5. The Morgan fingerprint density at radius 1 is 1.56 bits per heavy atom. The number of amides is 1. The molecule has 1 rings (SSSR count). The van der Waals surface area contributed by atoms with Gasteiger partial charge in [0, 0.05) is 6.54 Å². The lowest BCUT2D eigenvalue weighted by Crippen LogP contribution is -2.42. The van der Waals surface area contributed by atoms with Crippen LogP contribution >= 0.6 is 11.3 Å². The number of nitrogens with one attached hydrogen (secondary N) is 1. The van der Waals surface area contributed by atoms with Gasteiger partial charge in [-0.3, -0.25) is 9.59 Å². The molecule has 0 saturated carbocycles. The molecule has 18 heavy (non-hydrogen) atoms. The molecule has 6 nitrogen and oxygen atoms in total. The molecule has 0 aromatic carbocycles. The van der Waals surface area contributed by atoms with Gasteiger partial charge in [0.1, 0.15) is 10.6 Å². The van der Waals surface area contributed by atoms with Crippen LogP contribution < -0.4 is 10.1 Å². The minimum Gasteiger partial charge on any atom is -0.495 e. The maximum atomic E-state index is 11.8. The average molecular weight is 273 g/mol. The normalized spacial score (nSPS) is 13.7. The number of aliphatic carboxylic acids is 1. The molecule has 0 aliphatic rings. The summed E-state index contributed by atoms with van der Waals surface area (Å²) in [4.78, 5) is 22.7. The number of thiophene rings is 1. The summed E-state index contributed by atoms with van der Waals surface area (Å²) in [6, 6.07) is 1.66. The Kier molecular flexibility index (Phi) is 4.69. The summed E-state index contributed by atoms with van der Waals surface area (Å²) in [6.07, 6.45) is -0.436. The topological polar surface area (TPSA) is 95.9 Å². The number of carbonyl (C=O) groups is 2. The van der Waals surface area contributed by atoms with E-state index in [0.717, 1.165) is 0 Å². The highest BCUT2D eigenvalue weighted by Crippen LogP contribution is 2.24. The van der Waals surface area contributed by atoms with Crippen molar-refractivity contribution in [2.45, 2.75) is 18.9 Å². The molecule has 0 saturated heterocycles. The second-order valence-corrected chi connectivity index (χ2v) is 4.98. The van der Waals surface area contributed by atoms with Crippen LogP contribution in [0.15, 0.2) is 11.4 Å². The van der Waals surface area contributed by atoms with Gasteiger partial charge < -0.3 is 20.3 Å². The molecule has 1 unspecified atom stereocenters. The minimum absolute atomic E-state index is 0.140. The zero-order valence-electron chi connectivity index (χ0n) is 10.1. The van der Waals surface area contributed by atoms with E-state index in [1.54, 1.807) is 11.4 Å². The highest BCUT2D eigenvalue weighted by molar-refractivity contribution is 7.12. The maximum Gasteiger partial charge on any atom is 0.306 e. The molecular formula is C11H15NO5S. The minimum atomic E-state index is -1.48. The SMILES string of the molecule is COc1ccsc1C(=O)NCC(C)(O)CC(=O)O. The Hall–Kier alpha value is -1.60. The van der Waals surface area contributed by atoms with E-state index in [1.807, 2.05) is 0 Å². The van der Waals surface area contributed by atoms with Crippen LogP contribution in [-0.2, 0) is 4.79 Å². The van der Waals surface area contributed by atoms with E-state index in [-0.39, 0.29) is 6.54 Å². The Morgan fingerprint density at radius 3 is 2.78 bits per heavy atom. The Balaban J connectivity index is 2.59. The Morgan fingerprint density at radius 2 is 2.22 bits per heavy atom. The van der Waals surface area contributed by atoms with Crippen molar-refractivity contribution in [3.05, 3.63) is 16.3 Å². The zero-order valence-corrected chi connectivity index (χ0v) is 10.9. The molecule has 3 N–H and O–H groups in total. The van der Waals surface area contributed by atoms with Crippen molar-refractivity contribution < 1.29 is 24.5 Å². The number of hydrogen-bond donors (Lipinski definition) is 3. The molecule has 0 fully saturated rings. The highest BCUT2D eigenvalue weighted by Gasteiger charge is 2.25. The number of ether oxygens (including phenoxy) is 1. The summed E-state index contributed by atoms with van der Waals surface area (Å²) in [5.74, 6) is -1.06. The van der Waals surface area contributed by atoms with E-state index < -0.39 is 23.9 Å². The standard InChI is InChI=1S/C11H15NO5S/c1-11(16,5-8(13)14)6-12-10(15)9-7(17-2)3-4-18-9/h3-4,16H,5-6H2,1-2H3,(H,12,15)(H,13,14). The van der Waals surface area contributed by atoms with Crippen LogP contribution in [-0.4, -0.2) is 41.3 Å². The first-order chi connectivity index (χ1) is 8.35. The second-order valence-electron chi connectivity index (χ2n) is 4.07.